The van der Waals surface area contributed by atoms with E-state index in [1.165, 1.54) is 0 Å². The summed E-state index contributed by atoms with van der Waals surface area (Å²) >= 11 is 0. The predicted octanol–water partition coefficient (Wildman–Crippen LogP) is 1.63. The van der Waals surface area contributed by atoms with Crippen molar-refractivity contribution in [2.24, 2.45) is 0 Å². The molecule has 3 rings (SSSR count). The highest BCUT2D eigenvalue weighted by atomic mass is 16.3. The van der Waals surface area contributed by atoms with Crippen molar-refractivity contribution in [3.63, 3.8) is 0 Å². The Morgan fingerprint density at radius 1 is 1.05 bits per heavy atom. The Kier molecular flexibility index (Phi) is 2.98. The van der Waals surface area contributed by atoms with E-state index in [4.69, 9.17) is 0 Å². The van der Waals surface area contributed by atoms with Crippen LogP contribution in [0.25, 0.3) is 10.9 Å². The van der Waals surface area contributed by atoms with Crippen molar-refractivity contribution >= 4 is 10.9 Å². The van der Waals surface area contributed by atoms with Gasteiger partial charge in [-0.05, 0) is 5.56 Å². The highest BCUT2D eigenvalue weighted by molar-refractivity contribution is 5.88. The molecule has 1 heterocycles. The van der Waals surface area contributed by atoms with Gasteiger partial charge in [0.05, 0.1) is 5.52 Å². The van der Waals surface area contributed by atoms with Crippen molar-refractivity contribution in [2.75, 3.05) is 0 Å². The van der Waals surface area contributed by atoms with Crippen LogP contribution in [0.5, 0.6) is 17.2 Å². The number of aromatic nitrogens is 2. The number of fused-ring (bicyclic) bond motifs is 1. The minimum absolute atomic E-state index is 0.123. The minimum atomic E-state index is -0.731. The summed E-state index contributed by atoms with van der Waals surface area (Å²) in [4.78, 5) is 18.8. The number of hydrogen-bond acceptors (Lipinski definition) is 5. The molecule has 0 amide bonds. The van der Waals surface area contributed by atoms with E-state index in [1.807, 2.05) is 30.3 Å². The molecule has 0 aliphatic heterocycles. The molecule has 0 aliphatic rings. The Balaban J connectivity index is 2.16. The molecule has 106 valence electrons. The molecule has 0 unspecified atom stereocenters. The lowest BCUT2D eigenvalue weighted by Gasteiger charge is -2.07. The summed E-state index contributed by atoms with van der Waals surface area (Å²) < 4.78 is 0. The molecule has 3 aromatic rings. The van der Waals surface area contributed by atoms with Crippen LogP contribution in [0.4, 0.5) is 0 Å². The van der Waals surface area contributed by atoms with E-state index in [-0.39, 0.29) is 10.9 Å². The zero-order valence-electron chi connectivity index (χ0n) is 10.9. The van der Waals surface area contributed by atoms with Gasteiger partial charge in [0, 0.05) is 12.5 Å². The second kappa shape index (κ2) is 4.82. The molecule has 6 nitrogen and oxygen atoms in total. The van der Waals surface area contributed by atoms with Gasteiger partial charge in [0.25, 0.3) is 5.56 Å². The molecule has 6 heteroatoms. The fraction of sp³-hybridized carbons (Fsp3) is 0.0667. The fourth-order valence-electron chi connectivity index (χ4n) is 2.18. The summed E-state index contributed by atoms with van der Waals surface area (Å²) in [5, 5.41) is 28.5. The van der Waals surface area contributed by atoms with Crippen LogP contribution in [0.15, 0.2) is 41.2 Å². The normalized spacial score (nSPS) is 10.9. The molecule has 4 N–H and O–H groups in total. The van der Waals surface area contributed by atoms with Crippen LogP contribution >= 0.6 is 0 Å². The van der Waals surface area contributed by atoms with Crippen molar-refractivity contribution in [1.82, 2.24) is 9.97 Å². The highest BCUT2D eigenvalue weighted by Gasteiger charge is 2.16. The molecule has 0 saturated carbocycles. The summed E-state index contributed by atoms with van der Waals surface area (Å²) in [5.41, 5.74) is 0.517. The first-order valence-corrected chi connectivity index (χ1v) is 6.27. The van der Waals surface area contributed by atoms with E-state index in [1.54, 1.807) is 0 Å². The van der Waals surface area contributed by atoms with Gasteiger partial charge in [0.15, 0.2) is 11.5 Å². The first-order chi connectivity index (χ1) is 10.1. The largest absolute Gasteiger partial charge is 0.504 e. The Morgan fingerprint density at radius 2 is 1.76 bits per heavy atom. The van der Waals surface area contributed by atoms with Gasteiger partial charge in [-0.1, -0.05) is 30.3 Å². The standard InChI is InChI=1S/C15H12N2O4/c18-10-7-9-12(14(20)13(10)19)15(21)17-11(16-9)6-8-4-2-1-3-5-8/h1-5,7,18-20H,6H2,(H,16,17,21). The number of H-pyrrole nitrogens is 1. The lowest BCUT2D eigenvalue weighted by Crippen LogP contribution is -2.12. The monoisotopic (exact) mass is 284 g/mol. The number of aromatic hydroxyl groups is 3. The lowest BCUT2D eigenvalue weighted by atomic mass is 10.1. The maximum absolute atomic E-state index is 12.0. The Labute approximate surface area is 119 Å². The van der Waals surface area contributed by atoms with Crippen LogP contribution in [-0.4, -0.2) is 25.3 Å². The van der Waals surface area contributed by atoms with Gasteiger partial charge in [-0.25, -0.2) is 4.98 Å². The number of phenols is 3. The number of nitrogens with zero attached hydrogens (tertiary/aromatic N) is 1. The Bertz CT molecular complexity index is 872. The van der Waals surface area contributed by atoms with Crippen molar-refractivity contribution < 1.29 is 15.3 Å². The van der Waals surface area contributed by atoms with E-state index in [2.05, 4.69) is 9.97 Å². The maximum Gasteiger partial charge on any atom is 0.262 e. The molecule has 0 atom stereocenters. The second-order valence-electron chi connectivity index (χ2n) is 4.66. The van der Waals surface area contributed by atoms with Gasteiger partial charge in [0.2, 0.25) is 5.75 Å². The maximum atomic E-state index is 12.0. The molecule has 0 spiro atoms. The van der Waals surface area contributed by atoms with Gasteiger partial charge in [-0.3, -0.25) is 4.79 Å². The van der Waals surface area contributed by atoms with Gasteiger partial charge in [-0.15, -0.1) is 0 Å². The van der Waals surface area contributed by atoms with Crippen LogP contribution in [-0.2, 0) is 6.42 Å². The molecule has 0 fully saturated rings. The second-order valence-corrected chi connectivity index (χ2v) is 4.66. The van der Waals surface area contributed by atoms with E-state index in [0.29, 0.717) is 12.2 Å². The van der Waals surface area contributed by atoms with Crippen LogP contribution in [0.3, 0.4) is 0 Å². The third-order valence-corrected chi connectivity index (χ3v) is 3.19. The topological polar surface area (TPSA) is 106 Å². The molecule has 2 aromatic carbocycles. The summed E-state index contributed by atoms with van der Waals surface area (Å²) in [6.45, 7) is 0. The van der Waals surface area contributed by atoms with Crippen LogP contribution in [0.2, 0.25) is 0 Å². The van der Waals surface area contributed by atoms with Gasteiger partial charge in [-0.2, -0.15) is 0 Å². The van der Waals surface area contributed by atoms with E-state index < -0.39 is 22.8 Å². The molecule has 1 aromatic heterocycles. The Hall–Kier alpha value is -3.02. The first kappa shape index (κ1) is 13.0. The van der Waals surface area contributed by atoms with Crippen LogP contribution in [0.1, 0.15) is 11.4 Å². The molecule has 0 bridgehead atoms. The average molecular weight is 284 g/mol. The summed E-state index contributed by atoms with van der Waals surface area (Å²) in [7, 11) is 0. The predicted molar refractivity (Wildman–Crippen MR) is 76.6 cm³/mol. The van der Waals surface area contributed by atoms with Gasteiger partial charge < -0.3 is 20.3 Å². The van der Waals surface area contributed by atoms with Crippen LogP contribution in [0, 0.1) is 0 Å². The van der Waals surface area contributed by atoms with Crippen molar-refractivity contribution in [1.29, 1.82) is 0 Å². The molecular formula is C15H12N2O4. The van der Waals surface area contributed by atoms with Crippen molar-refractivity contribution in [3.05, 3.63) is 58.1 Å². The number of hydrogen-bond donors (Lipinski definition) is 4. The lowest BCUT2D eigenvalue weighted by molar-refractivity contribution is 0.371. The summed E-state index contributed by atoms with van der Waals surface area (Å²) in [6, 6.07) is 10.6. The zero-order chi connectivity index (χ0) is 15.0. The zero-order valence-corrected chi connectivity index (χ0v) is 10.9. The number of rotatable bonds is 2. The smallest absolute Gasteiger partial charge is 0.262 e. The summed E-state index contributed by atoms with van der Waals surface area (Å²) in [5.74, 6) is -1.53. The summed E-state index contributed by atoms with van der Waals surface area (Å²) in [6.07, 6.45) is 0.411. The van der Waals surface area contributed by atoms with E-state index >= 15 is 0 Å². The molecule has 0 aliphatic carbocycles. The molecule has 21 heavy (non-hydrogen) atoms. The SMILES string of the molecule is O=c1[nH]c(Cc2ccccc2)nc2cc(O)c(O)c(O)c12. The fourth-order valence-corrected chi connectivity index (χ4v) is 2.18. The van der Waals surface area contributed by atoms with Crippen LogP contribution < -0.4 is 5.56 Å². The van der Waals surface area contributed by atoms with E-state index in [0.717, 1.165) is 11.6 Å². The number of nitrogens with one attached hydrogen (secondary N) is 1. The molecular weight excluding hydrogens is 272 g/mol. The third-order valence-electron chi connectivity index (χ3n) is 3.19. The van der Waals surface area contributed by atoms with Crippen molar-refractivity contribution in [2.45, 2.75) is 6.42 Å². The highest BCUT2D eigenvalue weighted by Crippen LogP contribution is 2.38. The molecule has 0 saturated heterocycles. The first-order valence-electron chi connectivity index (χ1n) is 6.27. The van der Waals surface area contributed by atoms with Gasteiger partial charge >= 0.3 is 0 Å². The quantitative estimate of drug-likeness (QED) is 0.535. The number of aromatic amines is 1. The Morgan fingerprint density at radius 3 is 2.48 bits per heavy atom. The average Bonchev–Trinajstić information content (AvgIpc) is 2.45. The number of phenolic OH excluding ortho intramolecular Hbond substituents is 3. The minimum Gasteiger partial charge on any atom is -0.504 e. The van der Waals surface area contributed by atoms with E-state index in [9.17, 15) is 20.1 Å². The number of benzene rings is 2. The van der Waals surface area contributed by atoms with Crippen molar-refractivity contribution in [3.8, 4) is 17.2 Å². The third kappa shape index (κ3) is 2.27. The van der Waals surface area contributed by atoms with Gasteiger partial charge in [0.1, 0.15) is 11.2 Å². The molecule has 0 radical (unpaired) electrons.